The Hall–Kier alpha value is -5.31. The number of ketones is 1. The van der Waals surface area contributed by atoms with Crippen LogP contribution in [0.15, 0.2) is 63.8 Å². The maximum absolute atomic E-state index is 13.3. The van der Waals surface area contributed by atoms with Crippen LogP contribution in [0.5, 0.6) is 34.5 Å². The van der Waals surface area contributed by atoms with Gasteiger partial charge in [0.15, 0.2) is 29.5 Å². The number of carbonyl (C=O) groups is 2. The van der Waals surface area contributed by atoms with Crippen molar-refractivity contribution >= 4 is 22.8 Å². The van der Waals surface area contributed by atoms with Gasteiger partial charge in [0.2, 0.25) is 6.29 Å². The fraction of sp³-hybridized carbons (Fsp3) is 0.303. The standard InChI is InChI=1S/C33H33NO13/c1-15-23(44-31-26(39)28(46-32(34)41)29(42-4)33(2,3)47-31)11-10-17-25(38)19(30(40)45-27(15)17)12-20(35)18-13-24(22(37)14-21(18)36)43-16-8-6-5-7-9-16/h5-11,13-14,26,28-29,31,36-39H,12H2,1-4H3,(H2,34,41)/t26-,28+,29-,31-/m1/s1. The number of benzene rings is 3. The Morgan fingerprint density at radius 1 is 1.00 bits per heavy atom. The highest BCUT2D eigenvalue weighted by Crippen LogP contribution is 2.39. The molecule has 47 heavy (non-hydrogen) atoms. The van der Waals surface area contributed by atoms with Crippen molar-refractivity contribution in [3.05, 3.63) is 81.7 Å². The Balaban J connectivity index is 1.43. The predicted octanol–water partition coefficient (Wildman–Crippen LogP) is 3.79. The third kappa shape index (κ3) is 6.52. The number of hydrogen-bond donors (Lipinski definition) is 5. The highest BCUT2D eigenvalue weighted by molar-refractivity contribution is 6.01. The topological polar surface area (TPSA) is 217 Å². The van der Waals surface area contributed by atoms with Crippen LogP contribution in [0.25, 0.3) is 11.0 Å². The summed E-state index contributed by atoms with van der Waals surface area (Å²) >= 11 is 0. The number of aryl methyl sites for hydroxylation is 1. The van der Waals surface area contributed by atoms with E-state index in [2.05, 4.69) is 0 Å². The zero-order valence-corrected chi connectivity index (χ0v) is 25.8. The van der Waals surface area contributed by atoms with Crippen LogP contribution in [-0.2, 0) is 20.6 Å². The van der Waals surface area contributed by atoms with Gasteiger partial charge >= 0.3 is 11.7 Å². The normalized spacial score (nSPS) is 20.4. The van der Waals surface area contributed by atoms with E-state index in [0.717, 1.165) is 12.1 Å². The summed E-state index contributed by atoms with van der Waals surface area (Å²) in [6.45, 7) is 4.81. The number of para-hydroxylation sites is 1. The number of rotatable bonds is 9. The highest BCUT2D eigenvalue weighted by Gasteiger charge is 2.53. The fourth-order valence-corrected chi connectivity index (χ4v) is 5.49. The summed E-state index contributed by atoms with van der Waals surface area (Å²) in [6, 6.07) is 13.3. The molecule has 0 radical (unpaired) electrons. The summed E-state index contributed by atoms with van der Waals surface area (Å²) in [5.41, 5.74) is 2.58. The van der Waals surface area contributed by atoms with E-state index < -0.39 is 71.4 Å². The zero-order chi connectivity index (χ0) is 34.2. The lowest BCUT2D eigenvalue weighted by atomic mass is 9.89. The molecule has 1 saturated heterocycles. The van der Waals surface area contributed by atoms with Gasteiger partial charge in [-0.2, -0.15) is 0 Å². The second kappa shape index (κ2) is 12.8. The number of aliphatic hydroxyl groups excluding tert-OH is 1. The molecule has 5 rings (SSSR count). The molecule has 1 amide bonds. The molecule has 0 unspecified atom stereocenters. The Morgan fingerprint density at radius 3 is 2.36 bits per heavy atom. The Labute approximate surface area is 267 Å². The number of fused-ring (bicyclic) bond motifs is 1. The number of Topliss-reactive ketones (excluding diaryl/α,β-unsaturated/α-hetero) is 1. The van der Waals surface area contributed by atoms with E-state index in [4.69, 9.17) is 33.8 Å². The summed E-state index contributed by atoms with van der Waals surface area (Å²) in [5, 5.41) is 42.8. The lowest BCUT2D eigenvalue weighted by molar-refractivity contribution is -0.304. The molecule has 2 heterocycles. The fourth-order valence-electron chi connectivity index (χ4n) is 5.49. The number of carbonyl (C=O) groups excluding carboxylic acids is 2. The summed E-state index contributed by atoms with van der Waals surface area (Å²) in [7, 11) is 1.36. The van der Waals surface area contributed by atoms with Crippen molar-refractivity contribution in [2.75, 3.05) is 7.11 Å². The van der Waals surface area contributed by atoms with Gasteiger partial charge in [-0.15, -0.1) is 0 Å². The zero-order valence-electron chi connectivity index (χ0n) is 25.8. The molecule has 1 fully saturated rings. The summed E-state index contributed by atoms with van der Waals surface area (Å²) in [5.74, 6) is -1.95. The monoisotopic (exact) mass is 651 g/mol. The van der Waals surface area contributed by atoms with Crippen LogP contribution in [0.4, 0.5) is 4.79 Å². The molecule has 248 valence electrons. The number of phenolic OH excluding ortho intramolecular Hbond substituents is 2. The molecular weight excluding hydrogens is 618 g/mol. The summed E-state index contributed by atoms with van der Waals surface area (Å²) in [4.78, 5) is 37.9. The van der Waals surface area contributed by atoms with Crippen molar-refractivity contribution < 1.29 is 58.1 Å². The van der Waals surface area contributed by atoms with Crippen molar-refractivity contribution in [2.45, 2.75) is 57.4 Å². The van der Waals surface area contributed by atoms with Crippen molar-refractivity contribution in [1.82, 2.24) is 0 Å². The Morgan fingerprint density at radius 2 is 1.70 bits per heavy atom. The average Bonchev–Trinajstić information content (AvgIpc) is 3.00. The maximum Gasteiger partial charge on any atom is 0.404 e. The molecule has 4 aromatic rings. The largest absolute Gasteiger partial charge is 0.507 e. The predicted molar refractivity (Wildman–Crippen MR) is 164 cm³/mol. The number of hydrogen-bond acceptors (Lipinski definition) is 13. The summed E-state index contributed by atoms with van der Waals surface area (Å²) < 4.78 is 33.5. The van der Waals surface area contributed by atoms with Gasteiger partial charge in [-0.1, -0.05) is 18.2 Å². The van der Waals surface area contributed by atoms with Gasteiger partial charge in [-0.05, 0) is 51.1 Å². The molecule has 0 aliphatic carbocycles. The molecule has 1 aromatic heterocycles. The minimum atomic E-state index is -1.54. The van der Waals surface area contributed by atoms with Crippen LogP contribution in [0, 0.1) is 6.92 Å². The molecule has 0 saturated carbocycles. The van der Waals surface area contributed by atoms with Crippen LogP contribution in [0.2, 0.25) is 0 Å². The first-order valence-corrected chi connectivity index (χ1v) is 14.3. The smallest absolute Gasteiger partial charge is 0.404 e. The summed E-state index contributed by atoms with van der Waals surface area (Å²) in [6.07, 6.45) is -6.87. The van der Waals surface area contributed by atoms with E-state index in [9.17, 15) is 34.8 Å². The first-order valence-electron chi connectivity index (χ1n) is 14.3. The van der Waals surface area contributed by atoms with Gasteiger partial charge in [-0.3, -0.25) is 4.79 Å². The maximum atomic E-state index is 13.3. The second-order valence-corrected chi connectivity index (χ2v) is 11.4. The molecule has 0 spiro atoms. The molecular formula is C33H33NO13. The lowest BCUT2D eigenvalue weighted by Gasteiger charge is -2.47. The third-order valence-electron chi connectivity index (χ3n) is 7.79. The number of amides is 1. The molecule has 4 atom stereocenters. The van der Waals surface area contributed by atoms with Gasteiger partial charge in [0.25, 0.3) is 0 Å². The molecule has 0 bridgehead atoms. The first-order chi connectivity index (χ1) is 22.2. The lowest BCUT2D eigenvalue weighted by Crippen LogP contribution is -2.65. The van der Waals surface area contributed by atoms with Crippen LogP contribution >= 0.6 is 0 Å². The van der Waals surface area contributed by atoms with Crippen molar-refractivity contribution in [3.63, 3.8) is 0 Å². The minimum absolute atomic E-state index is 0.0695. The molecule has 6 N–H and O–H groups in total. The van der Waals surface area contributed by atoms with E-state index in [1.165, 1.54) is 26.2 Å². The number of phenols is 2. The average molecular weight is 652 g/mol. The molecule has 1 aliphatic heterocycles. The number of nitrogens with two attached hydrogens (primary N) is 1. The number of primary amides is 1. The minimum Gasteiger partial charge on any atom is -0.507 e. The van der Waals surface area contributed by atoms with Crippen LogP contribution in [-0.4, -0.2) is 69.6 Å². The van der Waals surface area contributed by atoms with Crippen molar-refractivity contribution in [1.29, 1.82) is 0 Å². The van der Waals surface area contributed by atoms with Crippen LogP contribution in [0.1, 0.15) is 35.3 Å². The number of ether oxygens (including phenoxy) is 5. The second-order valence-electron chi connectivity index (χ2n) is 11.4. The SMILES string of the molecule is CO[C@@H]1[C@@H](OC(N)=O)[C@@H](O)[C@H](Oc2ccc3c(O)c(CC(=O)c4cc(Oc5ccccc5)c(O)cc4O)c(=O)oc3c2C)OC1(C)C. The van der Waals surface area contributed by atoms with Gasteiger partial charge < -0.3 is 54.3 Å². The third-order valence-corrected chi connectivity index (χ3v) is 7.79. The van der Waals surface area contributed by atoms with Crippen molar-refractivity contribution in [2.24, 2.45) is 5.73 Å². The van der Waals surface area contributed by atoms with Crippen molar-refractivity contribution in [3.8, 4) is 34.5 Å². The van der Waals surface area contributed by atoms with E-state index in [1.54, 1.807) is 44.2 Å². The van der Waals surface area contributed by atoms with Gasteiger partial charge in [0.05, 0.1) is 22.1 Å². The Kier molecular flexibility index (Phi) is 9.02. The molecule has 14 nitrogen and oxygen atoms in total. The highest BCUT2D eigenvalue weighted by atomic mass is 16.7. The molecule has 3 aromatic carbocycles. The molecule has 14 heteroatoms. The number of aliphatic hydroxyl groups is 1. The quantitative estimate of drug-likeness (QED) is 0.129. The number of aromatic hydroxyl groups is 3. The van der Waals surface area contributed by atoms with E-state index in [-0.39, 0.29) is 39.2 Å². The van der Waals surface area contributed by atoms with Gasteiger partial charge in [0, 0.05) is 25.2 Å². The Bertz CT molecular complexity index is 1890. The van der Waals surface area contributed by atoms with Gasteiger partial charge in [-0.25, -0.2) is 9.59 Å². The van der Waals surface area contributed by atoms with E-state index in [0.29, 0.717) is 5.75 Å². The first kappa shape index (κ1) is 33.1. The number of methoxy groups -OCH3 is 1. The van der Waals surface area contributed by atoms with E-state index >= 15 is 0 Å². The van der Waals surface area contributed by atoms with E-state index in [1.807, 2.05) is 0 Å². The molecule has 1 aliphatic rings. The van der Waals surface area contributed by atoms with Gasteiger partial charge in [0.1, 0.15) is 34.7 Å². The van der Waals surface area contributed by atoms with Crippen LogP contribution < -0.4 is 20.8 Å². The van der Waals surface area contributed by atoms with Crippen LogP contribution in [0.3, 0.4) is 0 Å².